The second-order valence-electron chi connectivity index (χ2n) is 4.85. The predicted molar refractivity (Wildman–Crippen MR) is 87.4 cm³/mol. The molecule has 1 atom stereocenters. The molecule has 21 heavy (non-hydrogen) atoms. The molecule has 0 aliphatic rings. The van der Waals surface area contributed by atoms with Crippen molar-refractivity contribution in [2.45, 2.75) is 19.9 Å². The Bertz CT molecular complexity index is 610. The molecule has 0 radical (unpaired) electrons. The SMILES string of the molecule is CCNC(c1ccc(OC)cc1C)c1c(F)cccc1Br. The summed E-state index contributed by atoms with van der Waals surface area (Å²) >= 11 is 3.46. The van der Waals surface area contributed by atoms with Crippen LogP contribution in [0.5, 0.6) is 5.75 Å². The Morgan fingerprint density at radius 3 is 2.62 bits per heavy atom. The van der Waals surface area contributed by atoms with Gasteiger partial charge in [0.1, 0.15) is 11.6 Å². The molecule has 0 saturated carbocycles. The third-order valence-corrected chi connectivity index (χ3v) is 4.18. The number of rotatable bonds is 5. The minimum absolute atomic E-state index is 0.198. The zero-order valence-corrected chi connectivity index (χ0v) is 14.0. The lowest BCUT2D eigenvalue weighted by atomic mass is 9.94. The van der Waals surface area contributed by atoms with Crippen LogP contribution in [0, 0.1) is 12.7 Å². The lowest BCUT2D eigenvalue weighted by Crippen LogP contribution is -2.24. The first-order chi connectivity index (χ1) is 10.1. The number of benzene rings is 2. The second kappa shape index (κ2) is 7.05. The summed E-state index contributed by atoms with van der Waals surface area (Å²) in [5.41, 5.74) is 2.74. The smallest absolute Gasteiger partial charge is 0.129 e. The molecular formula is C17H19BrFNO. The molecule has 0 heterocycles. The Kier molecular flexibility index (Phi) is 5.37. The topological polar surface area (TPSA) is 21.3 Å². The maximum atomic E-state index is 14.3. The van der Waals surface area contributed by atoms with Crippen molar-refractivity contribution in [2.24, 2.45) is 0 Å². The first-order valence-electron chi connectivity index (χ1n) is 6.90. The Hall–Kier alpha value is -1.39. The van der Waals surface area contributed by atoms with E-state index in [1.165, 1.54) is 6.07 Å². The third-order valence-electron chi connectivity index (χ3n) is 3.48. The van der Waals surface area contributed by atoms with Crippen LogP contribution in [0.1, 0.15) is 29.7 Å². The molecule has 0 aliphatic heterocycles. The van der Waals surface area contributed by atoms with Crippen LogP contribution in [0.25, 0.3) is 0 Å². The van der Waals surface area contributed by atoms with Gasteiger partial charge in [0.15, 0.2) is 0 Å². The van der Waals surface area contributed by atoms with Crippen LogP contribution in [0.4, 0.5) is 4.39 Å². The molecule has 0 aliphatic carbocycles. The van der Waals surface area contributed by atoms with Crippen molar-refractivity contribution in [3.63, 3.8) is 0 Å². The van der Waals surface area contributed by atoms with Gasteiger partial charge in [-0.1, -0.05) is 35.0 Å². The molecular weight excluding hydrogens is 333 g/mol. The normalized spacial score (nSPS) is 12.2. The van der Waals surface area contributed by atoms with Gasteiger partial charge in [-0.25, -0.2) is 4.39 Å². The van der Waals surface area contributed by atoms with Gasteiger partial charge >= 0.3 is 0 Å². The highest BCUT2D eigenvalue weighted by Gasteiger charge is 2.21. The number of hydrogen-bond acceptors (Lipinski definition) is 2. The van der Waals surface area contributed by atoms with Gasteiger partial charge < -0.3 is 10.1 Å². The van der Waals surface area contributed by atoms with Crippen molar-refractivity contribution >= 4 is 15.9 Å². The first kappa shape index (κ1) is 16.0. The quantitative estimate of drug-likeness (QED) is 0.849. The van der Waals surface area contributed by atoms with E-state index in [-0.39, 0.29) is 11.9 Å². The fourth-order valence-corrected chi connectivity index (χ4v) is 3.03. The molecule has 1 N–H and O–H groups in total. The predicted octanol–water partition coefficient (Wildman–Crippen LogP) is 4.60. The van der Waals surface area contributed by atoms with E-state index in [9.17, 15) is 4.39 Å². The van der Waals surface area contributed by atoms with E-state index < -0.39 is 0 Å². The van der Waals surface area contributed by atoms with Gasteiger partial charge in [-0.15, -0.1) is 0 Å². The minimum Gasteiger partial charge on any atom is -0.497 e. The fourth-order valence-electron chi connectivity index (χ4n) is 2.46. The van der Waals surface area contributed by atoms with E-state index in [1.54, 1.807) is 13.2 Å². The highest BCUT2D eigenvalue weighted by molar-refractivity contribution is 9.10. The van der Waals surface area contributed by atoms with E-state index in [4.69, 9.17) is 4.74 Å². The van der Waals surface area contributed by atoms with E-state index in [2.05, 4.69) is 21.2 Å². The maximum absolute atomic E-state index is 14.3. The Balaban J connectivity index is 2.53. The van der Waals surface area contributed by atoms with Crippen LogP contribution in [-0.2, 0) is 0 Å². The summed E-state index contributed by atoms with van der Waals surface area (Å²) in [5, 5.41) is 3.36. The zero-order chi connectivity index (χ0) is 15.4. The molecule has 112 valence electrons. The molecule has 2 rings (SSSR count). The van der Waals surface area contributed by atoms with Crippen LogP contribution in [0.3, 0.4) is 0 Å². The third kappa shape index (κ3) is 3.44. The Labute approximate surface area is 133 Å². The Morgan fingerprint density at radius 2 is 2.05 bits per heavy atom. The largest absolute Gasteiger partial charge is 0.497 e. The molecule has 2 nitrogen and oxygen atoms in total. The van der Waals surface area contributed by atoms with Crippen LogP contribution < -0.4 is 10.1 Å². The number of methoxy groups -OCH3 is 1. The monoisotopic (exact) mass is 351 g/mol. The summed E-state index contributed by atoms with van der Waals surface area (Å²) in [6.07, 6.45) is 0. The fraction of sp³-hybridized carbons (Fsp3) is 0.294. The van der Waals surface area contributed by atoms with E-state index >= 15 is 0 Å². The molecule has 2 aromatic carbocycles. The second-order valence-corrected chi connectivity index (χ2v) is 5.70. The van der Waals surface area contributed by atoms with Gasteiger partial charge in [0.2, 0.25) is 0 Å². The van der Waals surface area contributed by atoms with Crippen molar-refractivity contribution in [3.05, 3.63) is 63.4 Å². The van der Waals surface area contributed by atoms with Crippen molar-refractivity contribution in [3.8, 4) is 5.75 Å². The average molecular weight is 352 g/mol. The average Bonchev–Trinajstić information content (AvgIpc) is 2.46. The highest BCUT2D eigenvalue weighted by atomic mass is 79.9. The summed E-state index contributed by atoms with van der Waals surface area (Å²) in [5.74, 6) is 0.588. The van der Waals surface area contributed by atoms with Gasteiger partial charge in [0, 0.05) is 10.0 Å². The summed E-state index contributed by atoms with van der Waals surface area (Å²) in [7, 11) is 1.64. The van der Waals surface area contributed by atoms with Crippen LogP contribution in [0.2, 0.25) is 0 Å². The van der Waals surface area contributed by atoms with Crippen molar-refractivity contribution in [1.82, 2.24) is 5.32 Å². The standard InChI is InChI=1S/C17H19BrFNO/c1-4-20-17(16-14(18)6-5-7-15(16)19)13-9-8-12(21-3)10-11(13)2/h5-10,17,20H,4H2,1-3H3. The van der Waals surface area contributed by atoms with E-state index in [0.29, 0.717) is 5.56 Å². The summed E-state index contributed by atoms with van der Waals surface area (Å²) in [6, 6.07) is 10.7. The van der Waals surface area contributed by atoms with Crippen LogP contribution in [0.15, 0.2) is 40.9 Å². The van der Waals surface area contributed by atoms with Crippen molar-refractivity contribution in [1.29, 1.82) is 0 Å². The van der Waals surface area contributed by atoms with Crippen molar-refractivity contribution < 1.29 is 9.13 Å². The van der Waals surface area contributed by atoms with Crippen LogP contribution in [-0.4, -0.2) is 13.7 Å². The zero-order valence-electron chi connectivity index (χ0n) is 12.4. The van der Waals surface area contributed by atoms with Crippen molar-refractivity contribution in [2.75, 3.05) is 13.7 Å². The summed E-state index contributed by atoms with van der Waals surface area (Å²) in [4.78, 5) is 0. The number of aryl methyl sites for hydroxylation is 1. The number of hydrogen-bond donors (Lipinski definition) is 1. The molecule has 0 fully saturated rings. The summed E-state index contributed by atoms with van der Waals surface area (Å²) < 4.78 is 20.3. The number of nitrogens with one attached hydrogen (secondary N) is 1. The lowest BCUT2D eigenvalue weighted by Gasteiger charge is -2.23. The van der Waals surface area contributed by atoms with E-state index in [1.807, 2.05) is 38.1 Å². The minimum atomic E-state index is -0.217. The Morgan fingerprint density at radius 1 is 1.29 bits per heavy atom. The highest BCUT2D eigenvalue weighted by Crippen LogP contribution is 2.33. The number of halogens is 2. The maximum Gasteiger partial charge on any atom is 0.129 e. The molecule has 0 bridgehead atoms. The van der Waals surface area contributed by atoms with Gasteiger partial charge in [-0.3, -0.25) is 0 Å². The number of ether oxygens (including phenoxy) is 1. The van der Waals surface area contributed by atoms with Gasteiger partial charge in [-0.05, 0) is 48.9 Å². The van der Waals surface area contributed by atoms with Crippen LogP contribution >= 0.6 is 15.9 Å². The van der Waals surface area contributed by atoms with Gasteiger partial charge in [0.05, 0.1) is 13.2 Å². The lowest BCUT2D eigenvalue weighted by molar-refractivity contribution is 0.414. The summed E-state index contributed by atoms with van der Waals surface area (Å²) in [6.45, 7) is 4.77. The van der Waals surface area contributed by atoms with Gasteiger partial charge in [-0.2, -0.15) is 0 Å². The molecule has 1 unspecified atom stereocenters. The first-order valence-corrected chi connectivity index (χ1v) is 7.69. The molecule has 4 heteroatoms. The molecule has 0 aromatic heterocycles. The molecule has 0 saturated heterocycles. The van der Waals surface area contributed by atoms with E-state index in [0.717, 1.165) is 27.9 Å². The van der Waals surface area contributed by atoms with Gasteiger partial charge in [0.25, 0.3) is 0 Å². The molecule has 0 spiro atoms. The molecule has 0 amide bonds. The molecule has 2 aromatic rings.